The molecule has 0 radical (unpaired) electrons. The van der Waals surface area contributed by atoms with Gasteiger partial charge >= 0.3 is 5.97 Å². The largest absolute Gasteiger partial charge is 0.462 e. The molecule has 0 atom stereocenters. The number of carbonyl (C=O) groups excluding carboxylic acids is 1. The molecule has 0 aliphatic heterocycles. The van der Waals surface area contributed by atoms with Crippen LogP contribution in [0.3, 0.4) is 0 Å². The van der Waals surface area contributed by atoms with Gasteiger partial charge in [0, 0.05) is 20.9 Å². The van der Waals surface area contributed by atoms with E-state index in [1.165, 1.54) is 31.2 Å². The van der Waals surface area contributed by atoms with Crippen molar-refractivity contribution in [2.24, 2.45) is 0 Å². The van der Waals surface area contributed by atoms with Gasteiger partial charge in [0.15, 0.2) is 0 Å². The summed E-state index contributed by atoms with van der Waals surface area (Å²) in [6.07, 6.45) is 0. The van der Waals surface area contributed by atoms with Gasteiger partial charge in [-0.2, -0.15) is 0 Å². The first-order valence-electron chi connectivity index (χ1n) is 6.36. The Morgan fingerprint density at radius 1 is 1.05 bits per heavy atom. The molecule has 3 nitrogen and oxygen atoms in total. The molecule has 0 saturated carbocycles. The monoisotopic (exact) mass is 298 g/mol. The second-order valence-corrected chi connectivity index (χ2v) is 6.35. The van der Waals surface area contributed by atoms with Crippen molar-refractivity contribution in [2.75, 3.05) is 13.2 Å². The van der Waals surface area contributed by atoms with Gasteiger partial charge in [-0.3, -0.25) is 0 Å². The summed E-state index contributed by atoms with van der Waals surface area (Å²) in [5.41, 5.74) is 2.27. The van der Waals surface area contributed by atoms with E-state index in [-0.39, 0.29) is 5.97 Å². The van der Waals surface area contributed by atoms with Crippen LogP contribution in [0.15, 0.2) is 0 Å². The number of rotatable bonds is 5. The molecule has 2 rings (SSSR count). The van der Waals surface area contributed by atoms with Crippen LogP contribution < -0.4 is 0 Å². The van der Waals surface area contributed by atoms with Crippen LogP contribution in [0.1, 0.15) is 39.5 Å². The smallest absolute Gasteiger partial charge is 0.348 e. The molecule has 2 heterocycles. The number of aryl methyl sites for hydroxylation is 2. The molecule has 104 valence electrons. The number of carbonyl (C=O) groups is 1. The molecule has 0 fully saturated rings. The van der Waals surface area contributed by atoms with Crippen molar-refractivity contribution < 1.29 is 14.3 Å². The molecule has 0 spiro atoms. The van der Waals surface area contributed by atoms with Crippen molar-refractivity contribution in [1.82, 2.24) is 0 Å². The summed E-state index contributed by atoms with van der Waals surface area (Å²) in [6, 6.07) is 0. The summed E-state index contributed by atoms with van der Waals surface area (Å²) in [4.78, 5) is 13.9. The van der Waals surface area contributed by atoms with Gasteiger partial charge in [0.1, 0.15) is 4.88 Å². The highest BCUT2D eigenvalue weighted by atomic mass is 32.1. The van der Waals surface area contributed by atoms with Gasteiger partial charge in [0.25, 0.3) is 0 Å². The molecule has 0 N–H and O–H groups in total. The average Bonchev–Trinajstić information content (AvgIpc) is 2.87. The SMILES string of the molecule is CCOCc1sc2c(C)c(C(=O)OCC)sc2c1C. The molecule has 2 aromatic heterocycles. The quantitative estimate of drug-likeness (QED) is 0.772. The Balaban J connectivity index is 2.40. The molecule has 2 aromatic rings. The molecule has 19 heavy (non-hydrogen) atoms. The number of thiophene rings is 2. The molecule has 0 aromatic carbocycles. The van der Waals surface area contributed by atoms with Crippen LogP contribution in [0.2, 0.25) is 0 Å². The Labute approximate surface area is 121 Å². The fourth-order valence-electron chi connectivity index (χ4n) is 1.92. The van der Waals surface area contributed by atoms with E-state index in [0.29, 0.717) is 13.2 Å². The first-order chi connectivity index (χ1) is 9.10. The van der Waals surface area contributed by atoms with Crippen LogP contribution >= 0.6 is 22.7 Å². The van der Waals surface area contributed by atoms with E-state index in [1.807, 2.05) is 20.8 Å². The minimum atomic E-state index is -0.209. The number of hydrogen-bond donors (Lipinski definition) is 0. The van der Waals surface area contributed by atoms with Crippen molar-refractivity contribution in [1.29, 1.82) is 0 Å². The zero-order valence-electron chi connectivity index (χ0n) is 11.7. The maximum Gasteiger partial charge on any atom is 0.348 e. The first-order valence-corrected chi connectivity index (χ1v) is 7.99. The van der Waals surface area contributed by atoms with Crippen LogP contribution in [0.4, 0.5) is 0 Å². The lowest BCUT2D eigenvalue weighted by Gasteiger charge is -2.01. The Kier molecular flexibility index (Phi) is 4.60. The highest BCUT2D eigenvalue weighted by Crippen LogP contribution is 2.41. The molecule has 0 aliphatic rings. The normalized spacial score (nSPS) is 11.2. The van der Waals surface area contributed by atoms with E-state index in [9.17, 15) is 4.79 Å². The molecule has 0 unspecified atom stereocenters. The van der Waals surface area contributed by atoms with Gasteiger partial charge in [0.2, 0.25) is 0 Å². The fourth-order valence-corrected chi connectivity index (χ4v) is 4.57. The van der Waals surface area contributed by atoms with E-state index in [0.717, 1.165) is 17.0 Å². The summed E-state index contributed by atoms with van der Waals surface area (Å²) >= 11 is 3.26. The van der Waals surface area contributed by atoms with Crippen LogP contribution in [0, 0.1) is 13.8 Å². The topological polar surface area (TPSA) is 35.5 Å². The van der Waals surface area contributed by atoms with Crippen molar-refractivity contribution in [3.8, 4) is 0 Å². The average molecular weight is 298 g/mol. The molecule has 0 bridgehead atoms. The third-order valence-electron chi connectivity index (χ3n) is 2.97. The Hall–Kier alpha value is -0.910. The maximum atomic E-state index is 11.9. The van der Waals surface area contributed by atoms with Gasteiger partial charge in [-0.05, 0) is 38.8 Å². The third kappa shape index (κ3) is 2.68. The summed E-state index contributed by atoms with van der Waals surface area (Å²) < 4.78 is 13.0. The Morgan fingerprint density at radius 3 is 2.32 bits per heavy atom. The number of esters is 1. The summed E-state index contributed by atoms with van der Waals surface area (Å²) in [7, 11) is 0. The summed E-state index contributed by atoms with van der Waals surface area (Å²) in [5.74, 6) is -0.209. The van der Waals surface area contributed by atoms with Gasteiger partial charge in [-0.1, -0.05) is 0 Å². The molecule has 0 saturated heterocycles. The van der Waals surface area contributed by atoms with E-state index >= 15 is 0 Å². The lowest BCUT2D eigenvalue weighted by Crippen LogP contribution is -2.03. The lowest BCUT2D eigenvalue weighted by atomic mass is 10.2. The highest BCUT2D eigenvalue weighted by molar-refractivity contribution is 7.29. The summed E-state index contributed by atoms with van der Waals surface area (Å²) in [6.45, 7) is 9.70. The lowest BCUT2D eigenvalue weighted by molar-refractivity contribution is 0.0531. The number of fused-ring (bicyclic) bond motifs is 1. The van der Waals surface area contributed by atoms with Gasteiger partial charge in [-0.15, -0.1) is 22.7 Å². The number of ether oxygens (including phenoxy) is 2. The zero-order valence-corrected chi connectivity index (χ0v) is 13.3. The van der Waals surface area contributed by atoms with E-state index in [4.69, 9.17) is 9.47 Å². The van der Waals surface area contributed by atoms with Gasteiger partial charge in [-0.25, -0.2) is 4.79 Å². The van der Waals surface area contributed by atoms with E-state index in [1.54, 1.807) is 11.3 Å². The van der Waals surface area contributed by atoms with Gasteiger partial charge < -0.3 is 9.47 Å². The molecule has 5 heteroatoms. The Bertz CT molecular complexity index is 595. The van der Waals surface area contributed by atoms with Crippen LogP contribution in [0.25, 0.3) is 9.40 Å². The fraction of sp³-hybridized carbons (Fsp3) is 0.500. The zero-order chi connectivity index (χ0) is 14.0. The second kappa shape index (κ2) is 6.03. The van der Waals surface area contributed by atoms with Crippen LogP contribution in [-0.4, -0.2) is 19.2 Å². The maximum absolute atomic E-state index is 11.9. The molecule has 0 amide bonds. The standard InChI is InChI=1S/C14H18O3S2/c1-5-16-7-10-8(3)11-12(18-10)9(4)13(19-11)14(15)17-6-2/h5-7H2,1-4H3. The molecular formula is C14H18O3S2. The van der Waals surface area contributed by atoms with Gasteiger partial charge in [0.05, 0.1) is 13.2 Å². The highest BCUT2D eigenvalue weighted by Gasteiger charge is 2.21. The second-order valence-electron chi connectivity index (χ2n) is 4.22. The molecule has 0 aliphatic carbocycles. The summed E-state index contributed by atoms with van der Waals surface area (Å²) in [5, 5.41) is 0. The molecular weight excluding hydrogens is 280 g/mol. The minimum absolute atomic E-state index is 0.209. The van der Waals surface area contributed by atoms with Crippen LogP contribution in [0.5, 0.6) is 0 Å². The third-order valence-corrected chi connectivity index (χ3v) is 5.88. The Morgan fingerprint density at radius 2 is 1.74 bits per heavy atom. The van der Waals surface area contributed by atoms with E-state index in [2.05, 4.69) is 6.92 Å². The first kappa shape index (κ1) is 14.5. The predicted octanol–water partition coefficient (Wildman–Crippen LogP) is 4.29. The predicted molar refractivity (Wildman–Crippen MR) is 80.5 cm³/mol. The van der Waals surface area contributed by atoms with Crippen molar-refractivity contribution >= 4 is 38.0 Å². The van der Waals surface area contributed by atoms with Crippen LogP contribution in [-0.2, 0) is 16.1 Å². The minimum Gasteiger partial charge on any atom is -0.462 e. The van der Waals surface area contributed by atoms with Crippen molar-refractivity contribution in [3.63, 3.8) is 0 Å². The van der Waals surface area contributed by atoms with Crippen molar-refractivity contribution in [3.05, 3.63) is 20.9 Å². The van der Waals surface area contributed by atoms with Crippen molar-refractivity contribution in [2.45, 2.75) is 34.3 Å². The van der Waals surface area contributed by atoms with E-state index < -0.39 is 0 Å². The number of hydrogen-bond acceptors (Lipinski definition) is 5.